The van der Waals surface area contributed by atoms with E-state index in [0.717, 1.165) is 18.7 Å². The summed E-state index contributed by atoms with van der Waals surface area (Å²) in [5.41, 5.74) is 0.804. The summed E-state index contributed by atoms with van der Waals surface area (Å²) in [7, 11) is 0. The first-order valence-electron chi connectivity index (χ1n) is 9.14. The highest BCUT2D eigenvalue weighted by Crippen LogP contribution is 2.39. The second-order valence-electron chi connectivity index (χ2n) is 6.63. The predicted molar refractivity (Wildman–Crippen MR) is 108 cm³/mol. The van der Waals surface area contributed by atoms with E-state index >= 15 is 0 Å². The summed E-state index contributed by atoms with van der Waals surface area (Å²) in [6, 6.07) is 10.4. The topological polar surface area (TPSA) is 128 Å². The standard InChI is InChI=1S/C19H20N6O3S/c20-25-17(12-7-8-12)23-24-19(25)29-11-16(26)22-15-6-2-1-5-14(15)18(27)21-10-13-4-3-9-28-13/h1-6,9,12H,7-8,10-11,20H2,(H,21,27)(H,22,26). The van der Waals surface area contributed by atoms with E-state index in [2.05, 4.69) is 20.8 Å². The summed E-state index contributed by atoms with van der Waals surface area (Å²) < 4.78 is 6.66. The molecule has 0 unspecified atom stereocenters. The number of hydrogen-bond donors (Lipinski definition) is 3. The molecule has 29 heavy (non-hydrogen) atoms. The fourth-order valence-electron chi connectivity index (χ4n) is 2.79. The molecule has 150 valence electrons. The maximum atomic E-state index is 12.5. The van der Waals surface area contributed by atoms with E-state index in [4.69, 9.17) is 10.3 Å². The summed E-state index contributed by atoms with van der Waals surface area (Å²) in [6.07, 6.45) is 3.68. The van der Waals surface area contributed by atoms with Gasteiger partial charge in [-0.25, -0.2) is 4.68 Å². The molecular formula is C19H20N6O3S. The van der Waals surface area contributed by atoms with Gasteiger partial charge in [0.1, 0.15) is 5.76 Å². The molecule has 1 aromatic carbocycles. The van der Waals surface area contributed by atoms with E-state index in [0.29, 0.717) is 28.1 Å². The number of nitrogens with one attached hydrogen (secondary N) is 2. The number of para-hydroxylation sites is 1. The lowest BCUT2D eigenvalue weighted by Gasteiger charge is -2.11. The van der Waals surface area contributed by atoms with Crippen molar-refractivity contribution in [3.63, 3.8) is 0 Å². The first-order valence-corrected chi connectivity index (χ1v) is 10.1. The van der Waals surface area contributed by atoms with Crippen LogP contribution in [0.3, 0.4) is 0 Å². The monoisotopic (exact) mass is 412 g/mol. The molecule has 2 amide bonds. The molecule has 2 heterocycles. The Labute approximate surface area is 171 Å². The molecule has 9 nitrogen and oxygen atoms in total. The third-order valence-corrected chi connectivity index (χ3v) is 5.36. The van der Waals surface area contributed by atoms with Crippen LogP contribution in [0.15, 0.2) is 52.2 Å². The molecule has 3 aromatic rings. The number of thioether (sulfide) groups is 1. The van der Waals surface area contributed by atoms with E-state index in [9.17, 15) is 9.59 Å². The van der Waals surface area contributed by atoms with Gasteiger partial charge in [0.05, 0.1) is 29.8 Å². The van der Waals surface area contributed by atoms with Gasteiger partial charge in [0.25, 0.3) is 5.91 Å². The van der Waals surface area contributed by atoms with Crippen LogP contribution < -0.4 is 16.5 Å². The van der Waals surface area contributed by atoms with Gasteiger partial charge in [-0.05, 0) is 37.1 Å². The minimum Gasteiger partial charge on any atom is -0.467 e. The number of nitrogens with zero attached hydrogens (tertiary/aromatic N) is 3. The van der Waals surface area contributed by atoms with Crippen molar-refractivity contribution in [1.29, 1.82) is 0 Å². The molecule has 1 fully saturated rings. The number of rotatable bonds is 8. The van der Waals surface area contributed by atoms with E-state index < -0.39 is 0 Å². The van der Waals surface area contributed by atoms with Crippen LogP contribution in [0.5, 0.6) is 0 Å². The highest BCUT2D eigenvalue weighted by molar-refractivity contribution is 7.99. The second-order valence-corrected chi connectivity index (χ2v) is 7.57. The molecular weight excluding hydrogens is 392 g/mol. The number of aromatic nitrogens is 3. The third-order valence-electron chi connectivity index (χ3n) is 4.41. The smallest absolute Gasteiger partial charge is 0.253 e. The van der Waals surface area contributed by atoms with Gasteiger partial charge in [-0.15, -0.1) is 10.2 Å². The minimum absolute atomic E-state index is 0.0996. The van der Waals surface area contributed by atoms with Crippen LogP contribution in [0.25, 0.3) is 0 Å². The maximum absolute atomic E-state index is 12.5. The van der Waals surface area contributed by atoms with E-state index in [-0.39, 0.29) is 24.1 Å². The first kappa shape index (κ1) is 19.1. The zero-order chi connectivity index (χ0) is 20.2. The Hall–Kier alpha value is -3.27. The van der Waals surface area contributed by atoms with Gasteiger partial charge in [-0.1, -0.05) is 23.9 Å². The van der Waals surface area contributed by atoms with Crippen LogP contribution in [0.2, 0.25) is 0 Å². The number of anilines is 1. The molecule has 0 atom stereocenters. The zero-order valence-corrected chi connectivity index (χ0v) is 16.3. The lowest BCUT2D eigenvalue weighted by Crippen LogP contribution is -2.25. The Morgan fingerprint density at radius 3 is 2.79 bits per heavy atom. The average Bonchev–Trinajstić information content (AvgIpc) is 3.29. The predicted octanol–water partition coefficient (Wildman–Crippen LogP) is 2.12. The van der Waals surface area contributed by atoms with Crippen LogP contribution in [-0.2, 0) is 11.3 Å². The molecule has 0 radical (unpaired) electrons. The number of hydrogen-bond acceptors (Lipinski definition) is 7. The van der Waals surface area contributed by atoms with Crippen molar-refractivity contribution in [2.24, 2.45) is 0 Å². The van der Waals surface area contributed by atoms with Gasteiger partial charge in [0.15, 0.2) is 5.82 Å². The van der Waals surface area contributed by atoms with Gasteiger partial charge >= 0.3 is 0 Å². The highest BCUT2D eigenvalue weighted by atomic mass is 32.2. The summed E-state index contributed by atoms with van der Waals surface area (Å²) in [6.45, 7) is 0.263. The largest absolute Gasteiger partial charge is 0.467 e. The van der Waals surface area contributed by atoms with E-state index in [1.165, 1.54) is 16.4 Å². The highest BCUT2D eigenvalue weighted by Gasteiger charge is 2.30. The summed E-state index contributed by atoms with van der Waals surface area (Å²) >= 11 is 1.20. The Balaban J connectivity index is 1.35. The number of amides is 2. The van der Waals surface area contributed by atoms with Crippen molar-refractivity contribution in [2.45, 2.75) is 30.5 Å². The van der Waals surface area contributed by atoms with Crippen LogP contribution >= 0.6 is 11.8 Å². The lowest BCUT2D eigenvalue weighted by atomic mass is 10.1. The summed E-state index contributed by atoms with van der Waals surface area (Å²) in [5, 5.41) is 14.2. The molecule has 4 rings (SSSR count). The van der Waals surface area contributed by atoms with Crippen molar-refractivity contribution in [3.05, 3.63) is 59.8 Å². The Morgan fingerprint density at radius 2 is 2.03 bits per heavy atom. The van der Waals surface area contributed by atoms with E-state index in [1.807, 2.05) is 0 Å². The van der Waals surface area contributed by atoms with Gasteiger partial charge in [-0.2, -0.15) is 0 Å². The SMILES string of the molecule is Nn1c(SCC(=O)Nc2ccccc2C(=O)NCc2ccco2)nnc1C1CC1. The van der Waals surface area contributed by atoms with Crippen LogP contribution in [0.1, 0.15) is 40.7 Å². The van der Waals surface area contributed by atoms with E-state index in [1.54, 1.807) is 42.7 Å². The molecule has 0 saturated heterocycles. The number of benzene rings is 1. The fourth-order valence-corrected chi connectivity index (χ4v) is 3.45. The van der Waals surface area contributed by atoms with Crippen molar-refractivity contribution in [1.82, 2.24) is 20.2 Å². The zero-order valence-electron chi connectivity index (χ0n) is 15.5. The molecule has 1 saturated carbocycles. The van der Waals surface area contributed by atoms with Gasteiger partial charge in [0, 0.05) is 5.92 Å². The van der Waals surface area contributed by atoms with Gasteiger partial charge < -0.3 is 20.9 Å². The van der Waals surface area contributed by atoms with Crippen LogP contribution in [-0.4, -0.2) is 32.4 Å². The van der Waals surface area contributed by atoms with Gasteiger partial charge in [-0.3, -0.25) is 9.59 Å². The number of carbonyl (C=O) groups is 2. The molecule has 0 aliphatic heterocycles. The number of furan rings is 1. The molecule has 1 aliphatic carbocycles. The Morgan fingerprint density at radius 1 is 1.21 bits per heavy atom. The molecule has 0 spiro atoms. The van der Waals surface area contributed by atoms with Crippen LogP contribution in [0.4, 0.5) is 5.69 Å². The quantitative estimate of drug-likeness (QED) is 0.382. The van der Waals surface area contributed by atoms with Crippen molar-refractivity contribution < 1.29 is 14.0 Å². The number of nitrogen functional groups attached to an aromatic ring is 1. The normalized spacial score (nSPS) is 13.2. The number of nitrogens with two attached hydrogens (primary N) is 1. The lowest BCUT2D eigenvalue weighted by molar-refractivity contribution is -0.113. The van der Waals surface area contributed by atoms with Crippen LogP contribution in [0, 0.1) is 0 Å². The molecule has 1 aliphatic rings. The Bertz CT molecular complexity index is 1010. The molecule has 0 bridgehead atoms. The molecule has 10 heteroatoms. The molecule has 4 N–H and O–H groups in total. The van der Waals surface area contributed by atoms with Gasteiger partial charge in [0.2, 0.25) is 11.1 Å². The summed E-state index contributed by atoms with van der Waals surface area (Å²) in [4.78, 5) is 24.9. The van der Waals surface area contributed by atoms with Crippen molar-refractivity contribution >= 4 is 29.3 Å². The third kappa shape index (κ3) is 4.60. The minimum atomic E-state index is -0.305. The first-order chi connectivity index (χ1) is 14.1. The van der Waals surface area contributed by atoms with Crippen molar-refractivity contribution in [2.75, 3.05) is 16.9 Å². The fraction of sp³-hybridized carbons (Fsp3) is 0.263. The number of carbonyl (C=O) groups excluding carboxylic acids is 2. The second kappa shape index (κ2) is 8.39. The summed E-state index contributed by atoms with van der Waals surface area (Å²) in [5.74, 6) is 7.31. The van der Waals surface area contributed by atoms with Crippen molar-refractivity contribution in [3.8, 4) is 0 Å². The average molecular weight is 412 g/mol. The maximum Gasteiger partial charge on any atom is 0.253 e. The Kier molecular flexibility index (Phi) is 5.52. The molecule has 2 aromatic heterocycles.